The van der Waals surface area contributed by atoms with Gasteiger partial charge in [-0.25, -0.2) is 0 Å². The van der Waals surface area contributed by atoms with Crippen molar-refractivity contribution in [2.75, 3.05) is 5.32 Å². The van der Waals surface area contributed by atoms with Gasteiger partial charge < -0.3 is 5.32 Å². The average molecular weight is 380 g/mol. The van der Waals surface area contributed by atoms with E-state index in [0.717, 1.165) is 27.8 Å². The van der Waals surface area contributed by atoms with Gasteiger partial charge in [0.05, 0.1) is 12.2 Å². The normalized spacial score (nSPS) is 12.3. The van der Waals surface area contributed by atoms with E-state index in [4.69, 9.17) is 0 Å². The van der Waals surface area contributed by atoms with Crippen LogP contribution < -0.4 is 5.32 Å². The Hall–Kier alpha value is -3.07. The highest BCUT2D eigenvalue weighted by molar-refractivity contribution is 7.15. The Bertz CT molecular complexity index is 1030. The third-order valence-electron chi connectivity index (χ3n) is 4.15. The number of anilines is 2. The van der Waals surface area contributed by atoms with E-state index in [1.807, 2.05) is 53.8 Å². The highest BCUT2D eigenvalue weighted by Gasteiger charge is 2.17. The molecule has 0 aliphatic rings. The molecule has 4 aromatic rings. The molecular formula is C18H20N8S. The molecule has 0 amide bonds. The van der Waals surface area contributed by atoms with Crippen molar-refractivity contribution in [3.63, 3.8) is 0 Å². The van der Waals surface area contributed by atoms with Crippen LogP contribution in [0.2, 0.25) is 0 Å². The van der Waals surface area contributed by atoms with E-state index in [1.165, 1.54) is 11.3 Å². The molecule has 0 fully saturated rings. The third kappa shape index (κ3) is 3.87. The maximum absolute atomic E-state index is 4.54. The number of hydrogen-bond donors (Lipinski definition) is 1. The fraction of sp³-hybridized carbons (Fsp3) is 0.278. The summed E-state index contributed by atoms with van der Waals surface area (Å²) in [6.45, 7) is 6.79. The van der Waals surface area contributed by atoms with E-state index >= 15 is 0 Å². The van der Waals surface area contributed by atoms with Gasteiger partial charge in [-0.05, 0) is 38.5 Å². The molecule has 0 spiro atoms. The summed E-state index contributed by atoms with van der Waals surface area (Å²) in [7, 11) is 0. The number of rotatable bonds is 6. The van der Waals surface area contributed by atoms with Gasteiger partial charge in [0.1, 0.15) is 11.0 Å². The number of nitrogens with zero attached hydrogens (tertiary/aromatic N) is 7. The van der Waals surface area contributed by atoms with Crippen molar-refractivity contribution in [1.29, 1.82) is 0 Å². The Labute approximate surface area is 160 Å². The molecule has 0 aromatic carbocycles. The fourth-order valence-corrected chi connectivity index (χ4v) is 3.69. The van der Waals surface area contributed by atoms with E-state index in [2.05, 4.69) is 43.7 Å². The molecule has 8 nitrogen and oxygen atoms in total. The van der Waals surface area contributed by atoms with Gasteiger partial charge in [0.25, 0.3) is 0 Å². The van der Waals surface area contributed by atoms with Crippen molar-refractivity contribution in [2.45, 2.75) is 33.4 Å². The Kier molecular flexibility index (Phi) is 4.68. The van der Waals surface area contributed by atoms with Crippen molar-refractivity contribution in [1.82, 2.24) is 34.7 Å². The molecule has 138 valence electrons. The monoisotopic (exact) mass is 380 g/mol. The standard InChI is InChI=1S/C18H20N8S/c1-12-9-13(2)26(23-12)14(3)17-21-22-18(27-17)20-16-6-8-25(24-16)11-15-5-4-7-19-10-15/h4-10,14H,11H2,1-3H3,(H,20,22,24). The molecule has 4 rings (SSSR count). The topological polar surface area (TPSA) is 86.3 Å². The Balaban J connectivity index is 1.44. The van der Waals surface area contributed by atoms with Gasteiger partial charge >= 0.3 is 0 Å². The van der Waals surface area contributed by atoms with Crippen LogP contribution in [0.1, 0.15) is 34.9 Å². The lowest BCUT2D eigenvalue weighted by atomic mass is 10.3. The highest BCUT2D eigenvalue weighted by Crippen LogP contribution is 2.27. The molecule has 1 atom stereocenters. The number of nitrogens with one attached hydrogen (secondary N) is 1. The quantitative estimate of drug-likeness (QED) is 0.552. The summed E-state index contributed by atoms with van der Waals surface area (Å²) in [5.41, 5.74) is 3.21. The number of pyridine rings is 1. The molecule has 0 radical (unpaired) electrons. The van der Waals surface area contributed by atoms with Gasteiger partial charge in [-0.15, -0.1) is 10.2 Å². The highest BCUT2D eigenvalue weighted by atomic mass is 32.1. The maximum Gasteiger partial charge on any atom is 0.211 e. The van der Waals surface area contributed by atoms with Crippen LogP contribution in [0.4, 0.5) is 10.9 Å². The summed E-state index contributed by atoms with van der Waals surface area (Å²) in [6, 6.07) is 7.96. The molecule has 9 heteroatoms. The molecule has 0 aliphatic heterocycles. The second-order valence-corrected chi connectivity index (χ2v) is 7.39. The van der Waals surface area contributed by atoms with Gasteiger partial charge in [-0.3, -0.25) is 14.3 Å². The van der Waals surface area contributed by atoms with Gasteiger partial charge in [0, 0.05) is 30.4 Å². The first-order valence-corrected chi connectivity index (χ1v) is 9.45. The summed E-state index contributed by atoms with van der Waals surface area (Å²) in [6.07, 6.45) is 5.53. The lowest BCUT2D eigenvalue weighted by molar-refractivity contribution is 0.540. The van der Waals surface area contributed by atoms with Gasteiger partial charge in [0.15, 0.2) is 5.82 Å². The van der Waals surface area contributed by atoms with Crippen molar-refractivity contribution >= 4 is 22.3 Å². The van der Waals surface area contributed by atoms with E-state index in [-0.39, 0.29) is 6.04 Å². The lowest BCUT2D eigenvalue weighted by Crippen LogP contribution is -2.10. The minimum Gasteiger partial charge on any atom is -0.313 e. The Morgan fingerprint density at radius 1 is 1.19 bits per heavy atom. The maximum atomic E-state index is 4.54. The first-order chi connectivity index (χ1) is 13.1. The van der Waals surface area contributed by atoms with Gasteiger partial charge in [-0.1, -0.05) is 17.4 Å². The molecular weight excluding hydrogens is 360 g/mol. The zero-order valence-corrected chi connectivity index (χ0v) is 16.2. The second kappa shape index (κ2) is 7.28. The summed E-state index contributed by atoms with van der Waals surface area (Å²) in [5.74, 6) is 0.736. The van der Waals surface area contributed by atoms with Crippen molar-refractivity contribution in [3.8, 4) is 0 Å². The van der Waals surface area contributed by atoms with Crippen LogP contribution in [0.15, 0.2) is 42.9 Å². The molecule has 0 aliphatic carbocycles. The predicted molar refractivity (Wildman–Crippen MR) is 104 cm³/mol. The van der Waals surface area contributed by atoms with Gasteiger partial charge in [-0.2, -0.15) is 10.2 Å². The zero-order valence-electron chi connectivity index (χ0n) is 15.4. The minimum atomic E-state index is 0.0369. The molecule has 1 N–H and O–H groups in total. The number of hydrogen-bond acceptors (Lipinski definition) is 7. The zero-order chi connectivity index (χ0) is 18.8. The third-order valence-corrected chi connectivity index (χ3v) is 5.16. The van der Waals surface area contributed by atoms with Crippen LogP contribution in [0.3, 0.4) is 0 Å². The number of aromatic nitrogens is 7. The van der Waals surface area contributed by atoms with Gasteiger partial charge in [0.2, 0.25) is 5.13 Å². The van der Waals surface area contributed by atoms with Crippen LogP contribution >= 0.6 is 11.3 Å². The first kappa shape index (κ1) is 17.3. The van der Waals surface area contributed by atoms with E-state index in [9.17, 15) is 0 Å². The van der Waals surface area contributed by atoms with Crippen LogP contribution in [0, 0.1) is 13.8 Å². The largest absolute Gasteiger partial charge is 0.313 e. The van der Waals surface area contributed by atoms with E-state index in [1.54, 1.807) is 6.20 Å². The average Bonchev–Trinajstić information content (AvgIpc) is 3.37. The molecule has 4 heterocycles. The van der Waals surface area contributed by atoms with E-state index in [0.29, 0.717) is 11.7 Å². The molecule has 1 unspecified atom stereocenters. The molecule has 4 aromatic heterocycles. The molecule has 0 saturated heterocycles. The Morgan fingerprint density at radius 3 is 2.81 bits per heavy atom. The first-order valence-electron chi connectivity index (χ1n) is 8.64. The molecule has 0 bridgehead atoms. The van der Waals surface area contributed by atoms with Crippen molar-refractivity contribution in [3.05, 3.63) is 64.8 Å². The van der Waals surface area contributed by atoms with Crippen LogP contribution in [0.25, 0.3) is 0 Å². The second-order valence-electron chi connectivity index (χ2n) is 6.38. The fourth-order valence-electron chi connectivity index (χ4n) is 2.90. The molecule has 0 saturated carbocycles. The van der Waals surface area contributed by atoms with E-state index < -0.39 is 0 Å². The summed E-state index contributed by atoms with van der Waals surface area (Å²) < 4.78 is 3.84. The van der Waals surface area contributed by atoms with Crippen LogP contribution in [0.5, 0.6) is 0 Å². The van der Waals surface area contributed by atoms with Crippen molar-refractivity contribution < 1.29 is 0 Å². The lowest BCUT2D eigenvalue weighted by Gasteiger charge is -2.10. The molecule has 27 heavy (non-hydrogen) atoms. The summed E-state index contributed by atoms with van der Waals surface area (Å²) in [5, 5.41) is 22.5. The van der Waals surface area contributed by atoms with Crippen LogP contribution in [-0.2, 0) is 6.54 Å². The smallest absolute Gasteiger partial charge is 0.211 e. The minimum absolute atomic E-state index is 0.0369. The van der Waals surface area contributed by atoms with Crippen molar-refractivity contribution in [2.24, 2.45) is 0 Å². The summed E-state index contributed by atoms with van der Waals surface area (Å²) in [4.78, 5) is 4.13. The SMILES string of the molecule is Cc1cc(C)n(C(C)c2nnc(Nc3ccn(Cc4cccnc4)n3)s2)n1. The number of aryl methyl sites for hydroxylation is 2. The van der Waals surface area contributed by atoms with Crippen LogP contribution in [-0.4, -0.2) is 34.7 Å². The summed E-state index contributed by atoms with van der Waals surface area (Å²) >= 11 is 1.51. The Morgan fingerprint density at radius 2 is 2.07 bits per heavy atom. The predicted octanol–water partition coefficient (Wildman–Crippen LogP) is 3.34.